The van der Waals surface area contributed by atoms with E-state index < -0.39 is 16.1 Å². The zero-order chi connectivity index (χ0) is 23.2. The number of fused-ring (bicyclic) bond motifs is 1. The third-order valence-corrected chi connectivity index (χ3v) is 9.59. The summed E-state index contributed by atoms with van der Waals surface area (Å²) in [5, 5.41) is 0.982. The molecule has 0 aliphatic carbocycles. The maximum absolute atomic E-state index is 13.4. The first-order chi connectivity index (χ1) is 15.8. The number of para-hydroxylation sites is 1. The Balaban J connectivity index is 1.28. The van der Waals surface area contributed by atoms with Crippen LogP contribution in [0.2, 0.25) is 0 Å². The van der Waals surface area contributed by atoms with Gasteiger partial charge >= 0.3 is 0 Å². The number of rotatable bonds is 4. The maximum atomic E-state index is 13.4. The molecule has 9 heteroatoms. The van der Waals surface area contributed by atoms with Crippen molar-refractivity contribution in [3.8, 4) is 0 Å². The summed E-state index contributed by atoms with van der Waals surface area (Å²) in [5.41, 5.74) is 3.21. The number of sulfonamides is 1. The molecule has 2 saturated heterocycles. The summed E-state index contributed by atoms with van der Waals surface area (Å²) in [6, 6.07) is 12.4. The standard InChI is InChI=1S/C24H28N4O3S2/c1-17-8-10-19(11-9-17)33(30,31)28-12-4-6-20(28)23(29)26-13-15-27(16-14-26)24-25-22-18(2)5-3-7-21(22)32-24/h3,5,7-11,20H,4,6,12-16H2,1-2H3. The van der Waals surface area contributed by atoms with Gasteiger partial charge in [0.15, 0.2) is 5.13 Å². The normalized spacial score (nSPS) is 20.0. The highest BCUT2D eigenvalue weighted by Gasteiger charge is 2.41. The summed E-state index contributed by atoms with van der Waals surface area (Å²) in [6.07, 6.45) is 1.27. The van der Waals surface area contributed by atoms with Gasteiger partial charge in [-0.05, 0) is 50.5 Å². The molecular formula is C24H28N4O3S2. The number of carbonyl (C=O) groups excluding carboxylic acids is 1. The number of aryl methyl sites for hydroxylation is 2. The van der Waals surface area contributed by atoms with Crippen molar-refractivity contribution in [3.63, 3.8) is 0 Å². The summed E-state index contributed by atoms with van der Waals surface area (Å²) in [4.78, 5) is 22.5. The topological polar surface area (TPSA) is 73.8 Å². The van der Waals surface area contributed by atoms with Crippen LogP contribution >= 0.6 is 11.3 Å². The Morgan fingerprint density at radius 2 is 1.73 bits per heavy atom. The molecule has 33 heavy (non-hydrogen) atoms. The number of carbonyl (C=O) groups is 1. The third kappa shape index (κ3) is 4.13. The molecule has 0 radical (unpaired) electrons. The van der Waals surface area contributed by atoms with E-state index in [1.807, 2.05) is 17.9 Å². The second-order valence-electron chi connectivity index (χ2n) is 8.82. The van der Waals surface area contributed by atoms with Gasteiger partial charge in [0, 0.05) is 32.7 Å². The summed E-state index contributed by atoms with van der Waals surface area (Å²) < 4.78 is 29.0. The minimum Gasteiger partial charge on any atom is -0.345 e. The van der Waals surface area contributed by atoms with Crippen molar-refractivity contribution in [2.24, 2.45) is 0 Å². The van der Waals surface area contributed by atoms with E-state index in [1.165, 1.54) is 14.6 Å². The van der Waals surface area contributed by atoms with Gasteiger partial charge < -0.3 is 9.80 Å². The largest absolute Gasteiger partial charge is 0.345 e. The Labute approximate surface area is 198 Å². The first-order valence-electron chi connectivity index (χ1n) is 11.3. The molecule has 3 heterocycles. The molecule has 174 valence electrons. The van der Waals surface area contributed by atoms with Gasteiger partial charge in [-0.2, -0.15) is 4.31 Å². The molecule has 5 rings (SSSR count). The first kappa shape index (κ1) is 22.3. The van der Waals surface area contributed by atoms with Crippen LogP contribution in [0.15, 0.2) is 47.4 Å². The van der Waals surface area contributed by atoms with E-state index in [1.54, 1.807) is 35.6 Å². The molecule has 7 nitrogen and oxygen atoms in total. The zero-order valence-corrected chi connectivity index (χ0v) is 20.5. The van der Waals surface area contributed by atoms with E-state index in [2.05, 4.69) is 24.0 Å². The highest BCUT2D eigenvalue weighted by atomic mass is 32.2. The lowest BCUT2D eigenvalue weighted by Gasteiger charge is -2.37. The highest BCUT2D eigenvalue weighted by molar-refractivity contribution is 7.89. The average Bonchev–Trinajstić information content (AvgIpc) is 3.48. The quantitative estimate of drug-likeness (QED) is 0.567. The van der Waals surface area contributed by atoms with E-state index in [4.69, 9.17) is 4.98 Å². The monoisotopic (exact) mass is 484 g/mol. The van der Waals surface area contributed by atoms with Crippen LogP contribution in [0.25, 0.3) is 10.2 Å². The predicted octanol–water partition coefficient (Wildman–Crippen LogP) is 3.42. The van der Waals surface area contributed by atoms with Gasteiger partial charge in [-0.1, -0.05) is 41.2 Å². The fourth-order valence-corrected chi connectivity index (χ4v) is 7.40. The van der Waals surface area contributed by atoms with Gasteiger partial charge in [-0.3, -0.25) is 4.79 Å². The van der Waals surface area contributed by atoms with Crippen LogP contribution < -0.4 is 4.90 Å². The molecule has 2 fully saturated rings. The van der Waals surface area contributed by atoms with Crippen LogP contribution in [0.5, 0.6) is 0 Å². The minimum absolute atomic E-state index is 0.0806. The van der Waals surface area contributed by atoms with Crippen molar-refractivity contribution in [3.05, 3.63) is 53.6 Å². The number of piperazine rings is 1. The smallest absolute Gasteiger partial charge is 0.243 e. The van der Waals surface area contributed by atoms with Gasteiger partial charge in [-0.25, -0.2) is 13.4 Å². The summed E-state index contributed by atoms with van der Waals surface area (Å²) in [6.45, 7) is 6.92. The van der Waals surface area contributed by atoms with Crippen molar-refractivity contribution < 1.29 is 13.2 Å². The fourth-order valence-electron chi connectivity index (χ4n) is 4.66. The van der Waals surface area contributed by atoms with Crippen molar-refractivity contribution in [1.29, 1.82) is 0 Å². The van der Waals surface area contributed by atoms with Gasteiger partial charge in [-0.15, -0.1) is 0 Å². The lowest BCUT2D eigenvalue weighted by molar-refractivity contribution is -0.134. The lowest BCUT2D eigenvalue weighted by atomic mass is 10.2. The molecule has 1 atom stereocenters. The number of thiazole rings is 1. The number of hydrogen-bond donors (Lipinski definition) is 0. The summed E-state index contributed by atoms with van der Waals surface area (Å²) >= 11 is 1.68. The van der Waals surface area contributed by atoms with E-state index in [0.29, 0.717) is 45.6 Å². The second-order valence-corrected chi connectivity index (χ2v) is 11.7. The molecule has 1 unspecified atom stereocenters. The van der Waals surface area contributed by atoms with Gasteiger partial charge in [0.1, 0.15) is 6.04 Å². The Morgan fingerprint density at radius 1 is 1.00 bits per heavy atom. The zero-order valence-electron chi connectivity index (χ0n) is 18.9. The Morgan fingerprint density at radius 3 is 2.42 bits per heavy atom. The van der Waals surface area contributed by atoms with Crippen LogP contribution in [0.1, 0.15) is 24.0 Å². The van der Waals surface area contributed by atoms with Gasteiger partial charge in [0.25, 0.3) is 0 Å². The fraction of sp³-hybridized carbons (Fsp3) is 0.417. The molecule has 0 saturated carbocycles. The number of benzene rings is 2. The molecule has 0 N–H and O–H groups in total. The van der Waals surface area contributed by atoms with Crippen LogP contribution in [0.3, 0.4) is 0 Å². The molecule has 3 aromatic rings. The molecule has 2 aliphatic rings. The Kier molecular flexibility index (Phi) is 5.88. The van der Waals surface area contributed by atoms with E-state index >= 15 is 0 Å². The number of amides is 1. The Hall–Kier alpha value is -2.49. The van der Waals surface area contributed by atoms with Crippen molar-refractivity contribution in [2.45, 2.75) is 37.6 Å². The van der Waals surface area contributed by atoms with Crippen LogP contribution in [0.4, 0.5) is 5.13 Å². The second kappa shape index (κ2) is 8.70. The Bertz CT molecular complexity index is 1280. The minimum atomic E-state index is -3.69. The van der Waals surface area contributed by atoms with Crippen LogP contribution in [-0.4, -0.2) is 67.3 Å². The molecule has 1 amide bonds. The van der Waals surface area contributed by atoms with Crippen molar-refractivity contribution in [1.82, 2.24) is 14.2 Å². The van der Waals surface area contributed by atoms with Crippen molar-refractivity contribution >= 4 is 42.6 Å². The van der Waals surface area contributed by atoms with Crippen molar-refractivity contribution in [2.75, 3.05) is 37.6 Å². The summed E-state index contributed by atoms with van der Waals surface area (Å²) in [7, 11) is -3.69. The SMILES string of the molecule is Cc1ccc(S(=O)(=O)N2CCCC2C(=O)N2CCN(c3nc4c(C)cccc4s3)CC2)cc1. The summed E-state index contributed by atoms with van der Waals surface area (Å²) in [5.74, 6) is -0.0806. The average molecular weight is 485 g/mol. The molecular weight excluding hydrogens is 456 g/mol. The van der Waals surface area contributed by atoms with Crippen LogP contribution in [0, 0.1) is 13.8 Å². The highest BCUT2D eigenvalue weighted by Crippen LogP contribution is 2.32. The first-order valence-corrected chi connectivity index (χ1v) is 13.6. The molecule has 0 spiro atoms. The lowest BCUT2D eigenvalue weighted by Crippen LogP contribution is -2.54. The van der Waals surface area contributed by atoms with Crippen LogP contribution in [-0.2, 0) is 14.8 Å². The van der Waals surface area contributed by atoms with E-state index in [-0.39, 0.29) is 10.8 Å². The van der Waals surface area contributed by atoms with Gasteiger partial charge in [0.2, 0.25) is 15.9 Å². The number of anilines is 1. The molecule has 2 aliphatic heterocycles. The number of nitrogens with zero attached hydrogens (tertiary/aromatic N) is 4. The number of hydrogen-bond acceptors (Lipinski definition) is 6. The third-order valence-electron chi connectivity index (χ3n) is 6.59. The molecule has 2 aromatic carbocycles. The van der Waals surface area contributed by atoms with E-state index in [0.717, 1.165) is 16.2 Å². The predicted molar refractivity (Wildman–Crippen MR) is 131 cm³/mol. The molecule has 0 bridgehead atoms. The van der Waals surface area contributed by atoms with E-state index in [9.17, 15) is 13.2 Å². The number of aromatic nitrogens is 1. The maximum Gasteiger partial charge on any atom is 0.243 e. The van der Waals surface area contributed by atoms with Gasteiger partial charge in [0.05, 0.1) is 15.1 Å². The molecule has 1 aromatic heterocycles.